The molecule has 2 aliphatic rings. The third-order valence-corrected chi connectivity index (χ3v) is 6.98. The maximum absolute atomic E-state index is 12.7. The summed E-state index contributed by atoms with van der Waals surface area (Å²) >= 11 is 1.38. The van der Waals surface area contributed by atoms with Crippen LogP contribution in [0.5, 0.6) is 0 Å². The summed E-state index contributed by atoms with van der Waals surface area (Å²) in [6, 6.07) is 12.6. The van der Waals surface area contributed by atoms with Gasteiger partial charge in [0.1, 0.15) is 5.25 Å². The van der Waals surface area contributed by atoms with E-state index >= 15 is 0 Å². The first kappa shape index (κ1) is 23.0. The lowest BCUT2D eigenvalue weighted by atomic mass is 10.1. The topological polar surface area (TPSA) is 90.9 Å². The van der Waals surface area contributed by atoms with Gasteiger partial charge in [-0.2, -0.15) is 4.99 Å². The van der Waals surface area contributed by atoms with Gasteiger partial charge in [-0.25, -0.2) is 0 Å². The zero-order valence-electron chi connectivity index (χ0n) is 18.9. The molecule has 0 aliphatic carbocycles. The number of amidine groups is 1. The molecule has 0 saturated carbocycles. The molecule has 4 rings (SSSR count). The zero-order chi connectivity index (χ0) is 23.4. The fourth-order valence-electron chi connectivity index (χ4n) is 4.00. The monoisotopic (exact) mass is 464 g/mol. The van der Waals surface area contributed by atoms with E-state index in [4.69, 9.17) is 0 Å². The highest BCUT2D eigenvalue weighted by Gasteiger charge is 2.33. The average Bonchev–Trinajstić information content (AvgIpc) is 3.16. The van der Waals surface area contributed by atoms with E-state index in [1.807, 2.05) is 32.0 Å². The first-order chi connectivity index (χ1) is 15.9. The molecule has 0 bridgehead atoms. The number of likely N-dealkylation sites (tertiary alicyclic amines) is 1. The van der Waals surface area contributed by atoms with E-state index in [2.05, 4.69) is 20.5 Å². The van der Waals surface area contributed by atoms with E-state index in [1.54, 1.807) is 24.3 Å². The van der Waals surface area contributed by atoms with Gasteiger partial charge in [0, 0.05) is 36.4 Å². The molecule has 1 saturated heterocycles. The van der Waals surface area contributed by atoms with Crippen LogP contribution in [-0.2, 0) is 9.59 Å². The molecule has 0 spiro atoms. The summed E-state index contributed by atoms with van der Waals surface area (Å²) in [5.41, 5.74) is 3.82. The van der Waals surface area contributed by atoms with Crippen molar-refractivity contribution >= 4 is 46.0 Å². The Balaban J connectivity index is 1.34. The summed E-state index contributed by atoms with van der Waals surface area (Å²) in [4.78, 5) is 43.9. The van der Waals surface area contributed by atoms with Gasteiger partial charge in [0.15, 0.2) is 5.17 Å². The predicted molar refractivity (Wildman–Crippen MR) is 133 cm³/mol. The van der Waals surface area contributed by atoms with Gasteiger partial charge in [-0.1, -0.05) is 35.5 Å². The minimum Gasteiger partial charge on any atom is -0.351 e. The average molecular weight is 465 g/mol. The normalized spacial score (nSPS) is 18.1. The summed E-state index contributed by atoms with van der Waals surface area (Å²) in [6.45, 7) is 5.77. The van der Waals surface area contributed by atoms with Crippen LogP contribution in [0.2, 0.25) is 0 Å². The van der Waals surface area contributed by atoms with Crippen molar-refractivity contribution in [3.63, 3.8) is 0 Å². The summed E-state index contributed by atoms with van der Waals surface area (Å²) in [5, 5.41) is 5.96. The van der Waals surface area contributed by atoms with E-state index in [1.165, 1.54) is 18.2 Å². The zero-order valence-corrected chi connectivity index (χ0v) is 19.7. The standard InChI is InChI=1S/C25H28N4O3S/c1-16-9-10-20(17(2)13-16)27-23(31)18-7-6-8-19(14-18)26-22(30)15-21-24(32)28-25(33-21)29-11-4-3-5-12-29/h6-10,13-14,21H,3-5,11-12,15H2,1-2H3,(H,26,30)(H,27,31). The fourth-order valence-corrected chi connectivity index (χ4v) is 5.11. The van der Waals surface area contributed by atoms with Crippen LogP contribution in [0.1, 0.15) is 47.2 Å². The maximum atomic E-state index is 12.7. The van der Waals surface area contributed by atoms with Crippen molar-refractivity contribution < 1.29 is 14.4 Å². The number of aliphatic imine (C=N–C) groups is 1. The number of piperidine rings is 1. The molecule has 7 nitrogen and oxygen atoms in total. The van der Waals surface area contributed by atoms with Crippen molar-refractivity contribution in [1.82, 2.24) is 4.90 Å². The second kappa shape index (κ2) is 10.2. The molecular weight excluding hydrogens is 436 g/mol. The third kappa shape index (κ3) is 5.82. The van der Waals surface area contributed by atoms with Crippen LogP contribution in [0.4, 0.5) is 11.4 Å². The largest absolute Gasteiger partial charge is 0.351 e. The van der Waals surface area contributed by atoms with Gasteiger partial charge < -0.3 is 15.5 Å². The van der Waals surface area contributed by atoms with Gasteiger partial charge in [-0.3, -0.25) is 14.4 Å². The number of nitrogens with zero attached hydrogens (tertiary/aromatic N) is 2. The molecule has 172 valence electrons. The van der Waals surface area contributed by atoms with Gasteiger partial charge in [0.05, 0.1) is 0 Å². The Morgan fingerprint density at radius 3 is 2.61 bits per heavy atom. The highest BCUT2D eigenvalue weighted by atomic mass is 32.2. The first-order valence-corrected chi connectivity index (χ1v) is 12.1. The van der Waals surface area contributed by atoms with Gasteiger partial charge >= 0.3 is 0 Å². The molecule has 2 N–H and O–H groups in total. The summed E-state index contributed by atoms with van der Waals surface area (Å²) in [5.74, 6) is -0.778. The first-order valence-electron chi connectivity index (χ1n) is 11.2. The molecular formula is C25H28N4O3S. The smallest absolute Gasteiger partial charge is 0.262 e. The molecule has 0 aromatic heterocycles. The highest BCUT2D eigenvalue weighted by molar-refractivity contribution is 8.15. The van der Waals surface area contributed by atoms with Crippen LogP contribution < -0.4 is 10.6 Å². The van der Waals surface area contributed by atoms with Crippen molar-refractivity contribution in [3.05, 3.63) is 59.2 Å². The van der Waals surface area contributed by atoms with E-state index in [9.17, 15) is 14.4 Å². The van der Waals surface area contributed by atoms with Crippen molar-refractivity contribution in [1.29, 1.82) is 0 Å². The van der Waals surface area contributed by atoms with Crippen LogP contribution in [0.3, 0.4) is 0 Å². The minimum atomic E-state index is -0.502. The number of hydrogen-bond donors (Lipinski definition) is 2. The van der Waals surface area contributed by atoms with Crippen LogP contribution in [0.15, 0.2) is 47.5 Å². The lowest BCUT2D eigenvalue weighted by Crippen LogP contribution is -2.33. The Morgan fingerprint density at radius 1 is 1.06 bits per heavy atom. The SMILES string of the molecule is Cc1ccc(NC(=O)c2cccc(NC(=O)CC3SC(N4CCCCC4)=NC3=O)c2)c(C)c1. The molecule has 8 heteroatoms. The molecule has 1 fully saturated rings. The summed E-state index contributed by atoms with van der Waals surface area (Å²) in [7, 11) is 0. The van der Waals surface area contributed by atoms with Crippen LogP contribution in [0, 0.1) is 13.8 Å². The number of nitrogens with one attached hydrogen (secondary N) is 2. The molecule has 0 radical (unpaired) electrons. The van der Waals surface area contributed by atoms with Crippen LogP contribution >= 0.6 is 11.8 Å². The third-order valence-electron chi connectivity index (χ3n) is 5.76. The second-order valence-electron chi connectivity index (χ2n) is 8.49. The number of anilines is 2. The number of benzene rings is 2. The number of amides is 3. The van der Waals surface area contributed by atoms with Crippen molar-refractivity contribution in [2.75, 3.05) is 23.7 Å². The van der Waals surface area contributed by atoms with Crippen molar-refractivity contribution in [2.24, 2.45) is 4.99 Å². The number of thioether (sulfide) groups is 1. The van der Waals surface area contributed by atoms with Gasteiger partial charge in [0.2, 0.25) is 5.91 Å². The Hall–Kier alpha value is -3.13. The van der Waals surface area contributed by atoms with Gasteiger partial charge in [-0.15, -0.1) is 0 Å². The van der Waals surface area contributed by atoms with Gasteiger partial charge in [0.25, 0.3) is 11.8 Å². The summed E-state index contributed by atoms with van der Waals surface area (Å²) in [6.07, 6.45) is 3.46. The molecule has 2 aliphatic heterocycles. The number of carbonyl (C=O) groups is 3. The van der Waals surface area contributed by atoms with Crippen LogP contribution in [0.25, 0.3) is 0 Å². The van der Waals surface area contributed by atoms with E-state index in [-0.39, 0.29) is 24.1 Å². The fraction of sp³-hybridized carbons (Fsp3) is 0.360. The second-order valence-corrected chi connectivity index (χ2v) is 9.66. The van der Waals surface area contributed by atoms with Crippen molar-refractivity contribution in [3.8, 4) is 0 Å². The molecule has 2 heterocycles. The van der Waals surface area contributed by atoms with Gasteiger partial charge in [-0.05, 0) is 62.9 Å². The van der Waals surface area contributed by atoms with E-state index in [0.29, 0.717) is 11.3 Å². The Kier molecular flexibility index (Phi) is 7.13. The Morgan fingerprint density at radius 2 is 1.85 bits per heavy atom. The number of aryl methyl sites for hydroxylation is 2. The Labute approximate surface area is 198 Å². The summed E-state index contributed by atoms with van der Waals surface area (Å²) < 4.78 is 0. The quantitative estimate of drug-likeness (QED) is 0.686. The van der Waals surface area contributed by atoms with E-state index < -0.39 is 5.25 Å². The Bertz CT molecular complexity index is 1110. The number of rotatable bonds is 5. The number of hydrogen-bond acceptors (Lipinski definition) is 5. The van der Waals surface area contributed by atoms with Crippen molar-refractivity contribution in [2.45, 2.75) is 44.8 Å². The molecule has 2 aromatic carbocycles. The molecule has 1 atom stereocenters. The minimum absolute atomic E-state index is 0.0450. The maximum Gasteiger partial charge on any atom is 0.262 e. The molecule has 3 amide bonds. The number of carbonyl (C=O) groups excluding carboxylic acids is 3. The van der Waals surface area contributed by atoms with E-state index in [0.717, 1.165) is 47.9 Å². The molecule has 2 aromatic rings. The highest BCUT2D eigenvalue weighted by Crippen LogP contribution is 2.29. The molecule has 1 unspecified atom stereocenters. The van der Waals surface area contributed by atoms with Crippen LogP contribution in [-0.4, -0.2) is 46.1 Å². The lowest BCUT2D eigenvalue weighted by molar-refractivity contribution is -0.121. The predicted octanol–water partition coefficient (Wildman–Crippen LogP) is 4.37. The molecule has 33 heavy (non-hydrogen) atoms. The lowest BCUT2D eigenvalue weighted by Gasteiger charge is -2.27.